The highest BCUT2D eigenvalue weighted by atomic mass is 16.1. The maximum Gasteiger partial charge on any atom is 0.258 e. The van der Waals surface area contributed by atoms with E-state index in [2.05, 4.69) is 39.3 Å². The molecule has 1 N–H and O–H groups in total. The van der Waals surface area contributed by atoms with Crippen molar-refractivity contribution in [1.29, 1.82) is 0 Å². The average Bonchev–Trinajstić information content (AvgIpc) is 3.09. The number of fused-ring (bicyclic) bond motifs is 1. The first-order valence-electron chi connectivity index (χ1n) is 8.61. The fourth-order valence-electron chi connectivity index (χ4n) is 3.09. The third kappa shape index (κ3) is 3.39. The predicted octanol–water partition coefficient (Wildman–Crippen LogP) is 2.91. The first kappa shape index (κ1) is 16.2. The third-order valence-corrected chi connectivity index (χ3v) is 4.44. The normalized spacial score (nSPS) is 12.3. The number of aromatic nitrogens is 5. The molecule has 4 aromatic rings. The van der Waals surface area contributed by atoms with Crippen molar-refractivity contribution in [1.82, 2.24) is 25.0 Å². The lowest BCUT2D eigenvalue weighted by atomic mass is 9.97. The number of aromatic amines is 1. The molecule has 0 saturated carbocycles. The van der Waals surface area contributed by atoms with Gasteiger partial charge in [0.2, 0.25) is 0 Å². The van der Waals surface area contributed by atoms with Crippen LogP contribution in [-0.2, 0) is 13.0 Å². The molecule has 6 nitrogen and oxygen atoms in total. The molecule has 1 atom stereocenters. The quantitative estimate of drug-likeness (QED) is 0.603. The van der Waals surface area contributed by atoms with Gasteiger partial charge in [0, 0.05) is 6.20 Å². The van der Waals surface area contributed by atoms with Crippen molar-refractivity contribution in [3.05, 3.63) is 88.2 Å². The molecule has 0 radical (unpaired) electrons. The third-order valence-electron chi connectivity index (χ3n) is 4.44. The summed E-state index contributed by atoms with van der Waals surface area (Å²) in [7, 11) is 0. The number of nitrogens with one attached hydrogen (secondary N) is 1. The summed E-state index contributed by atoms with van der Waals surface area (Å²) < 4.78 is 1.71. The molecule has 0 aliphatic rings. The van der Waals surface area contributed by atoms with Crippen LogP contribution in [0.5, 0.6) is 0 Å². The molecule has 0 amide bonds. The minimum Gasteiger partial charge on any atom is -0.308 e. The standard InChI is InChI=1S/C20H19N5O/c1-14(15-7-3-2-4-8-15)11-16-12-25(24-23-16)13-19-21-18-10-6-5-9-17(18)20(26)22-19/h2-10,12,14H,11,13H2,1H3,(H,21,22,26)/t14-/m1/s1. The van der Waals surface area contributed by atoms with E-state index in [0.717, 1.165) is 12.1 Å². The van der Waals surface area contributed by atoms with Gasteiger partial charge in [0.15, 0.2) is 0 Å². The van der Waals surface area contributed by atoms with Gasteiger partial charge >= 0.3 is 0 Å². The van der Waals surface area contributed by atoms with E-state index in [4.69, 9.17) is 0 Å². The highest BCUT2D eigenvalue weighted by molar-refractivity contribution is 5.77. The smallest absolute Gasteiger partial charge is 0.258 e. The summed E-state index contributed by atoms with van der Waals surface area (Å²) in [5.41, 5.74) is 2.75. The molecule has 2 aromatic heterocycles. The zero-order valence-electron chi connectivity index (χ0n) is 14.5. The number of rotatable bonds is 5. The Balaban J connectivity index is 1.51. The first-order chi connectivity index (χ1) is 12.7. The molecule has 26 heavy (non-hydrogen) atoms. The van der Waals surface area contributed by atoms with Gasteiger partial charge in [-0.25, -0.2) is 9.67 Å². The van der Waals surface area contributed by atoms with Crippen molar-refractivity contribution < 1.29 is 0 Å². The Morgan fingerprint density at radius 3 is 2.69 bits per heavy atom. The van der Waals surface area contributed by atoms with Gasteiger partial charge in [0.1, 0.15) is 12.4 Å². The highest BCUT2D eigenvalue weighted by Crippen LogP contribution is 2.18. The van der Waals surface area contributed by atoms with Gasteiger partial charge < -0.3 is 4.98 Å². The Kier molecular flexibility index (Phi) is 4.31. The molecule has 2 aromatic carbocycles. The number of benzene rings is 2. The maximum absolute atomic E-state index is 12.2. The number of para-hydroxylation sites is 1. The lowest BCUT2D eigenvalue weighted by molar-refractivity contribution is 0.625. The van der Waals surface area contributed by atoms with Crippen LogP contribution in [-0.4, -0.2) is 25.0 Å². The molecule has 0 spiro atoms. The first-order valence-corrected chi connectivity index (χ1v) is 8.61. The van der Waals surface area contributed by atoms with Gasteiger partial charge in [-0.3, -0.25) is 4.79 Å². The SMILES string of the molecule is C[C@H](Cc1cn(Cc2nc3ccccc3c(=O)[nH]2)nn1)c1ccccc1. The van der Waals surface area contributed by atoms with Crippen LogP contribution < -0.4 is 5.56 Å². The zero-order chi connectivity index (χ0) is 17.9. The van der Waals surface area contributed by atoms with E-state index >= 15 is 0 Å². The summed E-state index contributed by atoms with van der Waals surface area (Å²) in [6.07, 6.45) is 2.72. The van der Waals surface area contributed by atoms with E-state index in [-0.39, 0.29) is 5.56 Å². The molecule has 6 heteroatoms. The van der Waals surface area contributed by atoms with Crippen molar-refractivity contribution in [2.24, 2.45) is 0 Å². The largest absolute Gasteiger partial charge is 0.308 e. The van der Waals surface area contributed by atoms with Crippen LogP contribution in [0.2, 0.25) is 0 Å². The minimum absolute atomic E-state index is 0.136. The summed E-state index contributed by atoms with van der Waals surface area (Å²) in [6.45, 7) is 2.56. The minimum atomic E-state index is -0.136. The molecule has 0 aliphatic heterocycles. The van der Waals surface area contributed by atoms with Crippen molar-refractivity contribution in [3.63, 3.8) is 0 Å². The van der Waals surface area contributed by atoms with Crippen LogP contribution >= 0.6 is 0 Å². The number of H-pyrrole nitrogens is 1. The summed E-state index contributed by atoms with van der Waals surface area (Å²) in [4.78, 5) is 19.5. The van der Waals surface area contributed by atoms with Gasteiger partial charge in [-0.05, 0) is 30.0 Å². The van der Waals surface area contributed by atoms with E-state index in [0.29, 0.717) is 29.2 Å². The van der Waals surface area contributed by atoms with E-state index in [9.17, 15) is 4.79 Å². The van der Waals surface area contributed by atoms with Crippen molar-refractivity contribution >= 4 is 10.9 Å². The molecule has 0 unspecified atom stereocenters. The molecule has 0 aliphatic carbocycles. The Morgan fingerprint density at radius 2 is 1.85 bits per heavy atom. The Labute approximate surface area is 150 Å². The fraction of sp³-hybridized carbons (Fsp3) is 0.200. The second-order valence-electron chi connectivity index (χ2n) is 6.45. The topological polar surface area (TPSA) is 76.5 Å². The zero-order valence-corrected chi connectivity index (χ0v) is 14.5. The average molecular weight is 345 g/mol. The summed E-state index contributed by atoms with van der Waals surface area (Å²) in [5, 5.41) is 9.02. The van der Waals surface area contributed by atoms with Crippen LogP contribution in [0.25, 0.3) is 10.9 Å². The maximum atomic E-state index is 12.2. The molecule has 130 valence electrons. The van der Waals surface area contributed by atoms with Crippen LogP contribution in [0.1, 0.15) is 29.9 Å². The molecule has 0 saturated heterocycles. The lowest BCUT2D eigenvalue weighted by Gasteiger charge is -2.09. The predicted molar refractivity (Wildman–Crippen MR) is 100 cm³/mol. The lowest BCUT2D eigenvalue weighted by Crippen LogP contribution is -2.14. The van der Waals surface area contributed by atoms with Crippen LogP contribution in [0.3, 0.4) is 0 Å². The number of hydrogen-bond acceptors (Lipinski definition) is 4. The molecule has 0 bridgehead atoms. The monoisotopic (exact) mass is 345 g/mol. The van der Waals surface area contributed by atoms with Gasteiger partial charge in [-0.15, -0.1) is 5.10 Å². The van der Waals surface area contributed by atoms with Gasteiger partial charge in [0.25, 0.3) is 5.56 Å². The van der Waals surface area contributed by atoms with E-state index in [1.54, 1.807) is 10.7 Å². The Morgan fingerprint density at radius 1 is 1.08 bits per heavy atom. The van der Waals surface area contributed by atoms with E-state index < -0.39 is 0 Å². The van der Waals surface area contributed by atoms with Crippen molar-refractivity contribution in [3.8, 4) is 0 Å². The van der Waals surface area contributed by atoms with E-state index in [1.165, 1.54) is 5.56 Å². The Hall–Kier alpha value is -3.28. The summed E-state index contributed by atoms with van der Waals surface area (Å²) >= 11 is 0. The second kappa shape index (κ2) is 6.92. The van der Waals surface area contributed by atoms with Crippen LogP contribution in [0, 0.1) is 0 Å². The van der Waals surface area contributed by atoms with Gasteiger partial charge in [-0.2, -0.15) is 0 Å². The summed E-state index contributed by atoms with van der Waals surface area (Å²) in [5.74, 6) is 0.932. The number of nitrogens with zero attached hydrogens (tertiary/aromatic N) is 4. The van der Waals surface area contributed by atoms with E-state index in [1.807, 2.05) is 42.6 Å². The molecule has 4 rings (SSSR count). The van der Waals surface area contributed by atoms with Crippen molar-refractivity contribution in [2.75, 3.05) is 0 Å². The van der Waals surface area contributed by atoms with Crippen LogP contribution in [0.4, 0.5) is 0 Å². The second-order valence-corrected chi connectivity index (χ2v) is 6.45. The molecule has 0 fully saturated rings. The Bertz CT molecular complexity index is 1080. The van der Waals surface area contributed by atoms with Crippen LogP contribution in [0.15, 0.2) is 65.6 Å². The molecular formula is C20H19N5O. The van der Waals surface area contributed by atoms with Crippen molar-refractivity contribution in [2.45, 2.75) is 25.8 Å². The molecule has 2 heterocycles. The molecular weight excluding hydrogens is 326 g/mol. The summed E-state index contributed by atoms with van der Waals surface area (Å²) in [6, 6.07) is 17.7. The highest BCUT2D eigenvalue weighted by Gasteiger charge is 2.10. The fourth-order valence-corrected chi connectivity index (χ4v) is 3.09. The van der Waals surface area contributed by atoms with Gasteiger partial charge in [0.05, 0.1) is 16.6 Å². The van der Waals surface area contributed by atoms with Gasteiger partial charge in [-0.1, -0.05) is 54.6 Å². The number of hydrogen-bond donors (Lipinski definition) is 1.